The number of rotatable bonds is 7. The Hall–Kier alpha value is -2.18. The van der Waals surface area contributed by atoms with E-state index >= 15 is 0 Å². The molecule has 0 N–H and O–H groups in total. The monoisotopic (exact) mass is 473 g/mol. The van der Waals surface area contributed by atoms with Crippen LogP contribution in [-0.2, 0) is 16.4 Å². The maximum atomic E-state index is 13.8. The number of hydrogen-bond donors (Lipinski definition) is 0. The van der Waals surface area contributed by atoms with Gasteiger partial charge < -0.3 is 4.57 Å². The summed E-state index contributed by atoms with van der Waals surface area (Å²) < 4.78 is 117. The zero-order chi connectivity index (χ0) is 23.4. The smallest absolute Gasteiger partial charge is 0.328 e. The van der Waals surface area contributed by atoms with Crippen molar-refractivity contribution in [2.75, 3.05) is 5.75 Å². The predicted molar refractivity (Wildman–Crippen MR) is 95.8 cm³/mol. The van der Waals surface area contributed by atoms with E-state index < -0.39 is 34.4 Å². The van der Waals surface area contributed by atoms with Gasteiger partial charge in [0.05, 0.1) is 23.5 Å². The maximum Gasteiger partial charge on any atom is 0.459 e. The summed E-state index contributed by atoms with van der Waals surface area (Å²) in [4.78, 5) is 7.71. The van der Waals surface area contributed by atoms with Crippen LogP contribution in [0.15, 0.2) is 23.5 Å². The van der Waals surface area contributed by atoms with Gasteiger partial charge in [-0.15, -0.1) is 0 Å². The van der Waals surface area contributed by atoms with E-state index in [0.29, 0.717) is 16.5 Å². The Morgan fingerprint density at radius 1 is 1.06 bits per heavy atom. The maximum absolute atomic E-state index is 13.8. The van der Waals surface area contributed by atoms with E-state index in [0.717, 1.165) is 19.8 Å². The molecule has 13 heteroatoms. The number of halogens is 7. The van der Waals surface area contributed by atoms with Crippen molar-refractivity contribution in [3.63, 3.8) is 0 Å². The molecule has 0 amide bonds. The molecule has 2 aromatic heterocycles. The number of hydrogen-bond acceptors (Lipinski definition) is 4. The average molecular weight is 473 g/mol. The van der Waals surface area contributed by atoms with E-state index in [-0.39, 0.29) is 33.6 Å². The lowest BCUT2D eigenvalue weighted by Crippen LogP contribution is -2.53. The molecule has 0 aliphatic heterocycles. The van der Waals surface area contributed by atoms with Crippen LogP contribution >= 0.6 is 0 Å². The van der Waals surface area contributed by atoms with E-state index in [1.165, 1.54) is 19.2 Å². The van der Waals surface area contributed by atoms with Gasteiger partial charge in [0, 0.05) is 11.9 Å². The molecule has 1 aliphatic carbocycles. The number of sulfone groups is 1. The fourth-order valence-electron chi connectivity index (χ4n) is 3.03. The lowest BCUT2D eigenvalue weighted by Gasteiger charge is -2.28. The van der Waals surface area contributed by atoms with Gasteiger partial charge in [-0.3, -0.25) is 4.98 Å². The second-order valence-electron chi connectivity index (χ2n) is 7.38. The molecule has 2 heterocycles. The van der Waals surface area contributed by atoms with Gasteiger partial charge in [-0.25, -0.2) is 13.4 Å². The van der Waals surface area contributed by atoms with E-state index in [2.05, 4.69) is 9.97 Å². The fraction of sp³-hybridized carbons (Fsp3) is 0.556. The SMILES string of the molecule is CCS(=O)(=O)c1cc(C2CC2)cnc1-c1ncn(CC(F)(F)C(F)(F)C(F)(F)F)c1C. The van der Waals surface area contributed by atoms with Crippen molar-refractivity contribution in [3.05, 3.63) is 29.8 Å². The molecule has 0 spiro atoms. The highest BCUT2D eigenvalue weighted by atomic mass is 32.2. The first-order valence-electron chi connectivity index (χ1n) is 9.19. The number of imidazole rings is 1. The number of alkyl halides is 7. The van der Waals surface area contributed by atoms with Crippen molar-refractivity contribution in [1.82, 2.24) is 14.5 Å². The predicted octanol–water partition coefficient (Wildman–Crippen LogP) is 4.76. The van der Waals surface area contributed by atoms with Crippen LogP contribution in [0.4, 0.5) is 30.7 Å². The minimum absolute atomic E-state index is 0.161. The third-order valence-corrected chi connectivity index (χ3v) is 6.89. The highest BCUT2D eigenvalue weighted by molar-refractivity contribution is 7.91. The first-order chi connectivity index (χ1) is 14.1. The zero-order valence-electron chi connectivity index (χ0n) is 16.3. The molecule has 0 aromatic carbocycles. The van der Waals surface area contributed by atoms with Gasteiger partial charge in [0.15, 0.2) is 9.84 Å². The minimum atomic E-state index is -6.45. The van der Waals surface area contributed by atoms with Gasteiger partial charge >= 0.3 is 18.0 Å². The van der Waals surface area contributed by atoms with Crippen LogP contribution in [0.3, 0.4) is 0 Å². The van der Waals surface area contributed by atoms with Crippen molar-refractivity contribution < 1.29 is 39.2 Å². The second-order valence-corrected chi connectivity index (χ2v) is 9.62. The molecule has 0 atom stereocenters. The molecule has 1 aliphatic rings. The highest BCUT2D eigenvalue weighted by Crippen LogP contribution is 2.47. The van der Waals surface area contributed by atoms with E-state index in [4.69, 9.17) is 0 Å². The largest absolute Gasteiger partial charge is 0.459 e. The third kappa shape index (κ3) is 4.15. The first-order valence-corrected chi connectivity index (χ1v) is 10.8. The van der Waals surface area contributed by atoms with Crippen LogP contribution in [0.2, 0.25) is 0 Å². The van der Waals surface area contributed by atoms with Crippen molar-refractivity contribution in [2.45, 2.75) is 62.1 Å². The molecule has 31 heavy (non-hydrogen) atoms. The Balaban J connectivity index is 2.04. The van der Waals surface area contributed by atoms with Crippen molar-refractivity contribution in [2.24, 2.45) is 0 Å². The Bertz CT molecular complexity index is 1090. The lowest BCUT2D eigenvalue weighted by molar-refractivity contribution is -0.357. The highest BCUT2D eigenvalue weighted by Gasteiger charge is 2.72. The molecule has 1 saturated carbocycles. The van der Waals surface area contributed by atoms with E-state index in [1.807, 2.05) is 0 Å². The Morgan fingerprint density at radius 2 is 1.68 bits per heavy atom. The molecule has 172 valence electrons. The topological polar surface area (TPSA) is 64.8 Å². The van der Waals surface area contributed by atoms with E-state index in [9.17, 15) is 39.2 Å². The van der Waals surface area contributed by atoms with Crippen LogP contribution in [0.1, 0.15) is 36.9 Å². The summed E-state index contributed by atoms with van der Waals surface area (Å²) in [5.41, 5.74) is 0.0926. The summed E-state index contributed by atoms with van der Waals surface area (Å²) in [5.74, 6) is -11.9. The zero-order valence-corrected chi connectivity index (χ0v) is 17.2. The van der Waals surface area contributed by atoms with Gasteiger partial charge in [0.25, 0.3) is 0 Å². The van der Waals surface area contributed by atoms with Crippen LogP contribution in [0.25, 0.3) is 11.4 Å². The standard InChI is InChI=1S/C18H18F7N3O2S/c1-3-31(29,30)13-6-12(11-4-5-11)7-26-15(13)14-10(2)28(9-27-14)8-16(19,20)17(21,22)18(23,24)25/h6-7,9,11H,3-5,8H2,1-2H3. The van der Waals surface area contributed by atoms with Crippen LogP contribution in [-0.4, -0.2) is 46.7 Å². The van der Waals surface area contributed by atoms with Crippen molar-refractivity contribution >= 4 is 9.84 Å². The third-order valence-electron chi connectivity index (χ3n) is 5.15. The van der Waals surface area contributed by atoms with Gasteiger partial charge in [-0.2, -0.15) is 30.7 Å². The van der Waals surface area contributed by atoms with Crippen molar-refractivity contribution in [3.8, 4) is 11.4 Å². The normalized spacial score (nSPS) is 16.0. The average Bonchev–Trinajstić information content (AvgIpc) is 3.45. The molecule has 0 radical (unpaired) electrons. The van der Waals surface area contributed by atoms with Gasteiger partial charge in [-0.05, 0) is 37.3 Å². The van der Waals surface area contributed by atoms with Gasteiger partial charge in [0.2, 0.25) is 0 Å². The lowest BCUT2D eigenvalue weighted by atomic mass is 10.1. The molecular formula is C18H18F7N3O2S. The molecular weight excluding hydrogens is 455 g/mol. The summed E-state index contributed by atoms with van der Waals surface area (Å²) in [6.07, 6.45) is -2.64. The van der Waals surface area contributed by atoms with Crippen LogP contribution in [0.5, 0.6) is 0 Å². The van der Waals surface area contributed by atoms with Crippen molar-refractivity contribution in [1.29, 1.82) is 0 Å². The molecule has 2 aromatic rings. The van der Waals surface area contributed by atoms with Gasteiger partial charge in [0.1, 0.15) is 11.4 Å². The van der Waals surface area contributed by atoms with Crippen LogP contribution < -0.4 is 0 Å². The quantitative estimate of drug-likeness (QED) is 0.544. The second kappa shape index (κ2) is 7.45. The molecule has 0 bridgehead atoms. The molecule has 0 saturated heterocycles. The summed E-state index contributed by atoms with van der Waals surface area (Å²) >= 11 is 0. The summed E-state index contributed by atoms with van der Waals surface area (Å²) in [6, 6.07) is 1.42. The van der Waals surface area contributed by atoms with Crippen LogP contribution in [0, 0.1) is 6.92 Å². The Kier molecular flexibility index (Phi) is 5.64. The number of pyridine rings is 1. The number of nitrogens with zero attached hydrogens (tertiary/aromatic N) is 3. The molecule has 1 fully saturated rings. The molecule has 0 unspecified atom stereocenters. The number of aromatic nitrogens is 3. The summed E-state index contributed by atoms with van der Waals surface area (Å²) in [6.45, 7) is 0.547. The van der Waals surface area contributed by atoms with Gasteiger partial charge in [-0.1, -0.05) is 6.92 Å². The summed E-state index contributed by atoms with van der Waals surface area (Å²) in [7, 11) is -3.82. The Morgan fingerprint density at radius 3 is 2.19 bits per heavy atom. The molecule has 5 nitrogen and oxygen atoms in total. The minimum Gasteiger partial charge on any atom is -0.328 e. The summed E-state index contributed by atoms with van der Waals surface area (Å²) in [5, 5.41) is 0. The Labute approximate surface area is 173 Å². The first kappa shape index (κ1) is 23.5. The fourth-order valence-corrected chi connectivity index (χ4v) is 4.10. The van der Waals surface area contributed by atoms with E-state index in [1.54, 1.807) is 0 Å². The molecule has 3 rings (SSSR count).